The summed E-state index contributed by atoms with van der Waals surface area (Å²) >= 11 is 0. The second kappa shape index (κ2) is 7.29. The Morgan fingerprint density at radius 2 is 2.00 bits per heavy atom. The van der Waals surface area contributed by atoms with Crippen LogP contribution in [0.25, 0.3) is 0 Å². The van der Waals surface area contributed by atoms with Gasteiger partial charge in [0.1, 0.15) is 11.9 Å². The predicted molar refractivity (Wildman–Crippen MR) is 86.0 cm³/mol. The van der Waals surface area contributed by atoms with Crippen molar-refractivity contribution in [1.82, 2.24) is 25.0 Å². The highest BCUT2D eigenvalue weighted by molar-refractivity contribution is 5.80. The fourth-order valence-electron chi connectivity index (χ4n) is 3.32. The quantitative estimate of drug-likeness (QED) is 0.870. The highest BCUT2D eigenvalue weighted by Crippen LogP contribution is 2.24. The van der Waals surface area contributed by atoms with Crippen molar-refractivity contribution < 1.29 is 14.3 Å². The van der Waals surface area contributed by atoms with E-state index in [-0.39, 0.29) is 23.8 Å². The number of likely N-dealkylation sites (tertiary alicyclic amines) is 1. The molecule has 0 aromatic carbocycles. The van der Waals surface area contributed by atoms with E-state index in [1.807, 2.05) is 16.7 Å². The first-order valence-electron chi connectivity index (χ1n) is 8.65. The zero-order valence-corrected chi connectivity index (χ0v) is 14.3. The maximum Gasteiger partial charge on any atom is 0.225 e. The monoisotopic (exact) mass is 335 g/mol. The number of carbonyl (C=O) groups excluding carboxylic acids is 2. The van der Waals surface area contributed by atoms with Gasteiger partial charge in [0.2, 0.25) is 11.8 Å². The van der Waals surface area contributed by atoms with Gasteiger partial charge in [0.05, 0.1) is 13.2 Å². The van der Waals surface area contributed by atoms with Gasteiger partial charge in [0, 0.05) is 38.9 Å². The summed E-state index contributed by atoms with van der Waals surface area (Å²) in [5.74, 6) is 1.70. The first-order valence-corrected chi connectivity index (χ1v) is 8.65. The molecule has 8 heteroatoms. The average molecular weight is 335 g/mol. The SMILES string of the molecule is CCc1nc([C@H]2CN(C(=O)C3CCN(C(C)=O)CC3)CCO2)n[nH]1. The molecule has 2 aliphatic heterocycles. The standard InChI is InChI=1S/C16H25N5O3/c1-3-14-17-15(19-18-14)13-10-21(8-9-24-13)16(23)12-4-6-20(7-5-12)11(2)22/h12-13H,3-10H2,1-2H3,(H,17,18,19)/t13-/m1/s1. The molecule has 2 amide bonds. The minimum Gasteiger partial charge on any atom is -0.366 e. The third kappa shape index (κ3) is 3.58. The molecule has 0 radical (unpaired) electrons. The van der Waals surface area contributed by atoms with Crippen LogP contribution < -0.4 is 0 Å². The van der Waals surface area contributed by atoms with E-state index in [1.54, 1.807) is 6.92 Å². The molecule has 24 heavy (non-hydrogen) atoms. The number of aryl methyl sites for hydroxylation is 1. The number of nitrogens with one attached hydrogen (secondary N) is 1. The Morgan fingerprint density at radius 3 is 2.62 bits per heavy atom. The molecular weight excluding hydrogens is 310 g/mol. The summed E-state index contributed by atoms with van der Waals surface area (Å²) in [7, 11) is 0. The van der Waals surface area contributed by atoms with E-state index in [4.69, 9.17) is 4.74 Å². The minimum absolute atomic E-state index is 0.00213. The van der Waals surface area contributed by atoms with Gasteiger partial charge >= 0.3 is 0 Å². The normalized spacial score (nSPS) is 22.7. The second-order valence-corrected chi connectivity index (χ2v) is 6.42. The lowest BCUT2D eigenvalue weighted by molar-refractivity contribution is -0.146. The maximum absolute atomic E-state index is 12.8. The lowest BCUT2D eigenvalue weighted by Crippen LogP contribution is -2.48. The Balaban J connectivity index is 1.58. The number of nitrogens with zero attached hydrogens (tertiary/aromatic N) is 4. The number of aromatic amines is 1. The summed E-state index contributed by atoms with van der Waals surface area (Å²) in [5, 5.41) is 7.10. The first kappa shape index (κ1) is 16.9. The zero-order valence-electron chi connectivity index (χ0n) is 14.3. The van der Waals surface area contributed by atoms with E-state index < -0.39 is 0 Å². The maximum atomic E-state index is 12.8. The van der Waals surface area contributed by atoms with Crippen molar-refractivity contribution in [3.05, 3.63) is 11.6 Å². The molecule has 0 unspecified atom stereocenters. The molecule has 0 saturated carbocycles. The topological polar surface area (TPSA) is 91.4 Å². The van der Waals surface area contributed by atoms with Crippen molar-refractivity contribution >= 4 is 11.8 Å². The highest BCUT2D eigenvalue weighted by atomic mass is 16.5. The third-order valence-corrected chi connectivity index (χ3v) is 4.84. The molecule has 1 N–H and O–H groups in total. The largest absolute Gasteiger partial charge is 0.366 e. The number of amides is 2. The molecule has 2 aliphatic rings. The fraction of sp³-hybridized carbons (Fsp3) is 0.750. The number of H-pyrrole nitrogens is 1. The van der Waals surface area contributed by atoms with Crippen LogP contribution in [0.1, 0.15) is 44.4 Å². The Labute approximate surface area is 141 Å². The van der Waals surface area contributed by atoms with E-state index in [9.17, 15) is 9.59 Å². The highest BCUT2D eigenvalue weighted by Gasteiger charge is 2.33. The van der Waals surface area contributed by atoms with Gasteiger partial charge in [0.15, 0.2) is 5.82 Å². The van der Waals surface area contributed by atoms with Gasteiger partial charge in [-0.3, -0.25) is 14.7 Å². The summed E-state index contributed by atoms with van der Waals surface area (Å²) in [4.78, 5) is 32.3. The number of hydrogen-bond donors (Lipinski definition) is 1. The number of piperidine rings is 1. The molecule has 0 spiro atoms. The summed E-state index contributed by atoms with van der Waals surface area (Å²) < 4.78 is 5.75. The van der Waals surface area contributed by atoms with Gasteiger partial charge in [-0.25, -0.2) is 4.98 Å². The zero-order chi connectivity index (χ0) is 17.1. The number of rotatable bonds is 3. The summed E-state index contributed by atoms with van der Waals surface area (Å²) in [6.07, 6.45) is 2.00. The molecule has 1 aromatic heterocycles. The number of ether oxygens (including phenoxy) is 1. The number of morpholine rings is 1. The number of hydrogen-bond acceptors (Lipinski definition) is 5. The molecular formula is C16H25N5O3. The second-order valence-electron chi connectivity index (χ2n) is 6.42. The van der Waals surface area contributed by atoms with Gasteiger partial charge in [-0.2, -0.15) is 5.10 Å². The summed E-state index contributed by atoms with van der Waals surface area (Å²) in [6, 6.07) is 0. The van der Waals surface area contributed by atoms with Crippen LogP contribution in [0.4, 0.5) is 0 Å². The van der Waals surface area contributed by atoms with E-state index in [0.29, 0.717) is 38.6 Å². The Hall–Kier alpha value is -1.96. The molecule has 3 heterocycles. The first-order chi connectivity index (χ1) is 11.6. The predicted octanol–water partition coefficient (Wildman–Crippen LogP) is 0.526. The molecule has 1 aromatic rings. The van der Waals surface area contributed by atoms with Crippen LogP contribution >= 0.6 is 0 Å². The van der Waals surface area contributed by atoms with Crippen LogP contribution in [-0.2, 0) is 20.7 Å². The van der Waals surface area contributed by atoms with E-state index in [0.717, 1.165) is 25.1 Å². The van der Waals surface area contributed by atoms with Crippen LogP contribution in [0.15, 0.2) is 0 Å². The van der Waals surface area contributed by atoms with E-state index in [1.165, 1.54) is 0 Å². The molecule has 0 bridgehead atoms. The molecule has 8 nitrogen and oxygen atoms in total. The van der Waals surface area contributed by atoms with Crippen molar-refractivity contribution in [1.29, 1.82) is 0 Å². The van der Waals surface area contributed by atoms with Crippen LogP contribution in [0.5, 0.6) is 0 Å². The van der Waals surface area contributed by atoms with Crippen molar-refractivity contribution in [2.45, 2.75) is 39.2 Å². The Kier molecular flexibility index (Phi) is 5.13. The lowest BCUT2D eigenvalue weighted by atomic mass is 9.95. The molecule has 0 aliphatic carbocycles. The molecule has 2 fully saturated rings. The average Bonchev–Trinajstić information content (AvgIpc) is 3.10. The summed E-state index contributed by atoms with van der Waals surface area (Å²) in [5.41, 5.74) is 0. The van der Waals surface area contributed by atoms with Crippen molar-refractivity contribution in [2.24, 2.45) is 5.92 Å². The van der Waals surface area contributed by atoms with Gasteiger partial charge < -0.3 is 14.5 Å². The van der Waals surface area contributed by atoms with Crippen molar-refractivity contribution in [3.8, 4) is 0 Å². The smallest absolute Gasteiger partial charge is 0.225 e. The van der Waals surface area contributed by atoms with Crippen LogP contribution in [-0.4, -0.2) is 69.6 Å². The van der Waals surface area contributed by atoms with Gasteiger partial charge in [-0.15, -0.1) is 0 Å². The van der Waals surface area contributed by atoms with Gasteiger partial charge in [-0.1, -0.05) is 6.92 Å². The summed E-state index contributed by atoms with van der Waals surface area (Å²) in [6.45, 7) is 6.52. The van der Waals surface area contributed by atoms with Gasteiger partial charge in [0.25, 0.3) is 0 Å². The van der Waals surface area contributed by atoms with E-state index in [2.05, 4.69) is 15.2 Å². The molecule has 3 rings (SSSR count). The third-order valence-electron chi connectivity index (χ3n) is 4.84. The molecule has 1 atom stereocenters. The van der Waals surface area contributed by atoms with Crippen LogP contribution in [0, 0.1) is 5.92 Å². The Bertz CT molecular complexity index is 594. The minimum atomic E-state index is -0.267. The van der Waals surface area contributed by atoms with Crippen molar-refractivity contribution in [2.75, 3.05) is 32.8 Å². The van der Waals surface area contributed by atoms with E-state index >= 15 is 0 Å². The fourth-order valence-corrected chi connectivity index (χ4v) is 3.32. The Morgan fingerprint density at radius 1 is 1.25 bits per heavy atom. The van der Waals surface area contributed by atoms with Gasteiger partial charge in [-0.05, 0) is 12.8 Å². The molecule has 2 saturated heterocycles. The van der Waals surface area contributed by atoms with Crippen LogP contribution in [0.3, 0.4) is 0 Å². The molecule has 132 valence electrons. The van der Waals surface area contributed by atoms with Crippen LogP contribution in [0.2, 0.25) is 0 Å². The number of carbonyl (C=O) groups is 2. The number of aromatic nitrogens is 3. The lowest BCUT2D eigenvalue weighted by Gasteiger charge is -2.37. The van der Waals surface area contributed by atoms with Crippen molar-refractivity contribution in [3.63, 3.8) is 0 Å².